The molecule has 442 valence electrons. The molecule has 0 saturated heterocycles. The summed E-state index contributed by atoms with van der Waals surface area (Å²) < 4.78 is 94.0. The van der Waals surface area contributed by atoms with Crippen LogP contribution in [0.3, 0.4) is 0 Å². The van der Waals surface area contributed by atoms with Gasteiger partial charge in [-0.3, -0.25) is 0 Å². The third-order valence-electron chi connectivity index (χ3n) is 19.0. The lowest BCUT2D eigenvalue weighted by Gasteiger charge is -2.26. The Morgan fingerprint density at radius 1 is 0.341 bits per heavy atom. The predicted octanol–water partition coefficient (Wildman–Crippen LogP) is 23.2. The van der Waals surface area contributed by atoms with E-state index >= 15 is 0 Å². The minimum atomic E-state index is -4.48. The van der Waals surface area contributed by atoms with E-state index in [9.17, 15) is 26.3 Å². The molecule has 14 aromatic rings. The number of alkyl halides is 6. The zero-order valence-electron chi connectivity index (χ0n) is 49.7. The monoisotopic (exact) mass is 1220 g/mol. The maximum absolute atomic E-state index is 13.6. The van der Waals surface area contributed by atoms with Gasteiger partial charge in [0.1, 0.15) is 11.0 Å². The van der Waals surface area contributed by atoms with Crippen molar-refractivity contribution < 1.29 is 26.3 Å². The van der Waals surface area contributed by atoms with Crippen LogP contribution in [0, 0.1) is 0 Å². The summed E-state index contributed by atoms with van der Waals surface area (Å²) in [5, 5.41) is 1.64. The Morgan fingerprint density at radius 3 is 1.15 bits per heavy atom. The molecular weight excluding hydrogens is 1160 g/mol. The van der Waals surface area contributed by atoms with E-state index in [1.165, 1.54) is 80.5 Å². The normalized spacial score (nSPS) is 13.8. The number of aromatic nitrogens is 3. The smallest absolute Gasteiger partial charge is 0.309 e. The van der Waals surface area contributed by atoms with E-state index in [0.717, 1.165) is 113 Å². The lowest BCUT2D eigenvalue weighted by molar-refractivity contribution is -0.138. The van der Waals surface area contributed by atoms with Crippen molar-refractivity contribution in [3.05, 3.63) is 288 Å². The summed E-state index contributed by atoms with van der Waals surface area (Å²) in [7, 11) is 0. The zero-order valence-corrected chi connectivity index (χ0v) is 50.5. The van der Waals surface area contributed by atoms with E-state index in [0.29, 0.717) is 22.3 Å². The van der Waals surface area contributed by atoms with Gasteiger partial charge >= 0.3 is 12.4 Å². The van der Waals surface area contributed by atoms with Crippen molar-refractivity contribution in [3.8, 4) is 83.6 Å². The lowest BCUT2D eigenvalue weighted by Crippen LogP contribution is -2.14. The SMILES string of the molecule is CC1(C)c2ccccc2-c2ccc(-c3ccc(N(c4ccc(-c5ccc6c(c5)C(C)(C)c5ccccc5-6)cc4)c4ccc(-c5ccc(-n6c7ccc(-c8ccc(C(F)(F)F)cc8)cc7c7cc(-c8ccc(C(F)(F)F)cc8)ccc76)cc5)c5nsnc45)cc3)cc21. The molecule has 16 rings (SSSR count). The maximum atomic E-state index is 13.6. The summed E-state index contributed by atoms with van der Waals surface area (Å²) in [5.74, 6) is 0. The Morgan fingerprint density at radius 2 is 0.703 bits per heavy atom. The number of hydrogen-bond donors (Lipinski definition) is 0. The summed E-state index contributed by atoms with van der Waals surface area (Å²) in [6.45, 7) is 9.24. The summed E-state index contributed by atoms with van der Waals surface area (Å²) in [6, 6.07) is 83.0. The van der Waals surface area contributed by atoms with Gasteiger partial charge < -0.3 is 9.47 Å². The second-order valence-electron chi connectivity index (χ2n) is 24.9. The van der Waals surface area contributed by atoms with Crippen LogP contribution in [0.1, 0.15) is 61.1 Å². The number of nitrogens with zero attached hydrogens (tertiary/aromatic N) is 4. The van der Waals surface area contributed by atoms with Crippen molar-refractivity contribution >= 4 is 61.6 Å². The highest BCUT2D eigenvalue weighted by Gasteiger charge is 2.37. The molecule has 2 aliphatic carbocycles. The molecule has 0 radical (unpaired) electrons. The summed E-state index contributed by atoms with van der Waals surface area (Å²) in [5.41, 5.74) is 24.5. The Bertz CT molecular complexity index is 4970. The number of rotatable bonds is 9. The maximum Gasteiger partial charge on any atom is 0.416 e. The fourth-order valence-electron chi connectivity index (χ4n) is 14.2. The van der Waals surface area contributed by atoms with Gasteiger partial charge in [-0.05, 0) is 204 Å². The zero-order chi connectivity index (χ0) is 62.3. The highest BCUT2D eigenvalue weighted by atomic mass is 32.1. The molecule has 11 heteroatoms. The average Bonchev–Trinajstić information content (AvgIpc) is 1.63. The van der Waals surface area contributed by atoms with Crippen molar-refractivity contribution in [2.75, 3.05) is 4.90 Å². The molecule has 2 aromatic heterocycles. The molecule has 0 bridgehead atoms. The van der Waals surface area contributed by atoms with Crippen LogP contribution in [0.15, 0.2) is 255 Å². The minimum absolute atomic E-state index is 0.133. The second kappa shape index (κ2) is 20.6. The summed E-state index contributed by atoms with van der Waals surface area (Å²) >= 11 is 1.17. The molecule has 0 fully saturated rings. The van der Waals surface area contributed by atoms with Crippen LogP contribution in [0.4, 0.5) is 43.4 Å². The molecule has 0 saturated carbocycles. The molecule has 0 amide bonds. The standard InChI is InChI=1S/C80H54F6N4S/c1-77(2)68-11-7-5-9-62(68)64-37-23-54(45-70(64)77)49-17-31-58(32-18-49)89(59-33-19-50(20-34-59)55-24-38-65-63-10-6-8-12-69(63)78(3,4)71(65)46-55)74-42-39-61(75-76(74)88-91-87-75)51-21-35-60(36-22-51)90-72-40-25-52(47-13-27-56(28-14-47)79(81,82)83)43-66(72)67-44-53(26-41-73(67)90)48-15-29-57(30-16-48)80(84,85)86/h5-46H,1-4H3. The molecule has 0 atom stereocenters. The fourth-order valence-corrected chi connectivity index (χ4v) is 14.8. The molecular formula is C80H54F6N4S. The number of benzene rings is 12. The van der Waals surface area contributed by atoms with Gasteiger partial charge in [0, 0.05) is 44.2 Å². The van der Waals surface area contributed by atoms with Crippen LogP contribution >= 0.6 is 11.7 Å². The minimum Gasteiger partial charge on any atom is -0.309 e. The molecule has 0 spiro atoms. The van der Waals surface area contributed by atoms with Crippen molar-refractivity contribution in [1.29, 1.82) is 0 Å². The molecule has 4 nitrogen and oxygen atoms in total. The van der Waals surface area contributed by atoms with Crippen LogP contribution in [-0.2, 0) is 23.2 Å². The van der Waals surface area contributed by atoms with Crippen LogP contribution in [0.25, 0.3) is 116 Å². The highest BCUT2D eigenvalue weighted by Crippen LogP contribution is 2.52. The largest absolute Gasteiger partial charge is 0.416 e. The van der Waals surface area contributed by atoms with E-state index < -0.39 is 23.5 Å². The van der Waals surface area contributed by atoms with Crippen molar-refractivity contribution in [1.82, 2.24) is 13.3 Å². The first-order valence-electron chi connectivity index (χ1n) is 30.2. The number of fused-ring (bicyclic) bond motifs is 10. The van der Waals surface area contributed by atoms with Gasteiger partial charge in [-0.15, -0.1) is 0 Å². The molecule has 2 heterocycles. The lowest BCUT2D eigenvalue weighted by atomic mass is 9.81. The highest BCUT2D eigenvalue weighted by molar-refractivity contribution is 7.00. The van der Waals surface area contributed by atoms with Gasteiger partial charge in [0.25, 0.3) is 0 Å². The fraction of sp³-hybridized carbons (Fsp3) is 0.100. The van der Waals surface area contributed by atoms with Crippen LogP contribution in [0.5, 0.6) is 0 Å². The van der Waals surface area contributed by atoms with E-state index in [1.54, 1.807) is 0 Å². The van der Waals surface area contributed by atoms with Crippen molar-refractivity contribution in [2.45, 2.75) is 50.9 Å². The predicted molar refractivity (Wildman–Crippen MR) is 359 cm³/mol. The van der Waals surface area contributed by atoms with E-state index in [4.69, 9.17) is 8.75 Å². The molecule has 2 aliphatic rings. The van der Waals surface area contributed by atoms with Crippen LogP contribution in [0.2, 0.25) is 0 Å². The summed E-state index contributed by atoms with van der Waals surface area (Å²) in [4.78, 5) is 2.27. The van der Waals surface area contributed by atoms with Gasteiger partial charge in [-0.1, -0.05) is 173 Å². The number of hydrogen-bond acceptors (Lipinski definition) is 4. The first-order valence-corrected chi connectivity index (χ1v) is 30.9. The Balaban J connectivity index is 0.771. The molecule has 91 heavy (non-hydrogen) atoms. The van der Waals surface area contributed by atoms with Gasteiger partial charge in [-0.25, -0.2) is 0 Å². The topological polar surface area (TPSA) is 34.0 Å². The van der Waals surface area contributed by atoms with Crippen LogP contribution in [-0.4, -0.2) is 13.3 Å². The number of halogens is 6. The molecule has 0 N–H and O–H groups in total. The van der Waals surface area contributed by atoms with Crippen molar-refractivity contribution in [2.24, 2.45) is 0 Å². The third kappa shape index (κ3) is 9.18. The van der Waals surface area contributed by atoms with Gasteiger partial charge in [0.05, 0.1) is 39.6 Å². The average molecular weight is 1220 g/mol. The number of anilines is 3. The summed E-state index contributed by atoms with van der Waals surface area (Å²) in [6.07, 6.45) is -8.96. The van der Waals surface area contributed by atoms with Gasteiger partial charge in [0.2, 0.25) is 0 Å². The quantitative estimate of drug-likeness (QED) is 0.135. The van der Waals surface area contributed by atoms with E-state index in [1.807, 2.05) is 36.4 Å². The van der Waals surface area contributed by atoms with Crippen LogP contribution < -0.4 is 4.90 Å². The van der Waals surface area contributed by atoms with E-state index in [-0.39, 0.29) is 10.8 Å². The Labute approximate surface area is 525 Å². The molecule has 0 unspecified atom stereocenters. The third-order valence-corrected chi connectivity index (χ3v) is 19.5. The first kappa shape index (κ1) is 55.9. The Hall–Kier alpha value is -10.4. The molecule has 12 aromatic carbocycles. The van der Waals surface area contributed by atoms with Crippen molar-refractivity contribution in [3.63, 3.8) is 0 Å². The van der Waals surface area contributed by atoms with E-state index in [2.05, 4.69) is 207 Å². The van der Waals surface area contributed by atoms with Gasteiger partial charge in [-0.2, -0.15) is 35.1 Å². The Kier molecular flexibility index (Phi) is 12.7. The first-order chi connectivity index (χ1) is 43.9. The van der Waals surface area contributed by atoms with Gasteiger partial charge in [0.15, 0.2) is 0 Å². The molecule has 0 aliphatic heterocycles. The second-order valence-corrected chi connectivity index (χ2v) is 25.4.